The van der Waals surface area contributed by atoms with E-state index in [9.17, 15) is 0 Å². The van der Waals surface area contributed by atoms with Crippen LogP contribution in [0.15, 0.2) is 36.4 Å². The first kappa shape index (κ1) is 14.2. The van der Waals surface area contributed by atoms with E-state index < -0.39 is 0 Å². The van der Waals surface area contributed by atoms with Crippen molar-refractivity contribution in [3.63, 3.8) is 0 Å². The van der Waals surface area contributed by atoms with Gasteiger partial charge in [-0.05, 0) is 44.5 Å². The third-order valence-electron chi connectivity index (χ3n) is 3.16. The minimum atomic E-state index is 0.497. The van der Waals surface area contributed by atoms with Crippen LogP contribution in [-0.4, -0.2) is 18.1 Å². The van der Waals surface area contributed by atoms with Crippen LogP contribution < -0.4 is 15.4 Å². The lowest BCUT2D eigenvalue weighted by atomic mass is 10.2. The Bertz CT molecular complexity index is 584. The highest BCUT2D eigenvalue weighted by atomic mass is 16.5. The first-order chi connectivity index (χ1) is 9.67. The van der Waals surface area contributed by atoms with Crippen LogP contribution in [0.2, 0.25) is 0 Å². The van der Waals surface area contributed by atoms with E-state index in [-0.39, 0.29) is 0 Å². The second-order valence-corrected chi connectivity index (χ2v) is 4.53. The highest BCUT2D eigenvalue weighted by Crippen LogP contribution is 2.30. The largest absolute Gasteiger partial charge is 0.476 e. The number of nitrogens with zero attached hydrogens (tertiary/aromatic N) is 2. The number of aryl methyl sites for hydroxylation is 1. The van der Waals surface area contributed by atoms with Gasteiger partial charge < -0.3 is 15.4 Å². The fourth-order valence-electron chi connectivity index (χ4n) is 2.17. The van der Waals surface area contributed by atoms with E-state index in [2.05, 4.69) is 35.9 Å². The molecule has 2 aromatic rings. The van der Waals surface area contributed by atoms with Gasteiger partial charge in [0.25, 0.3) is 0 Å². The van der Waals surface area contributed by atoms with Crippen LogP contribution in [0.4, 0.5) is 17.2 Å². The maximum Gasteiger partial charge on any atom is 0.239 e. The van der Waals surface area contributed by atoms with E-state index in [1.54, 1.807) is 0 Å². The number of nitrogens with two attached hydrogens (primary N) is 1. The Hall–Kier alpha value is -2.23. The lowest BCUT2D eigenvalue weighted by Gasteiger charge is -2.24. The number of ether oxygens (including phenoxy) is 1. The Morgan fingerprint density at radius 3 is 2.55 bits per heavy atom. The molecule has 0 aliphatic carbocycles. The zero-order chi connectivity index (χ0) is 14.5. The molecule has 0 spiro atoms. The van der Waals surface area contributed by atoms with Crippen LogP contribution in [0.25, 0.3) is 0 Å². The normalized spacial score (nSPS) is 10.3. The molecule has 106 valence electrons. The maximum absolute atomic E-state index is 5.88. The zero-order valence-corrected chi connectivity index (χ0v) is 12.3. The van der Waals surface area contributed by atoms with Crippen molar-refractivity contribution in [2.75, 3.05) is 23.8 Å². The standard InChI is InChI=1S/C16H21N3O/c1-4-19(14-9-7-6-8-12(14)3)15-11-10-13(17)16(18-15)20-5-2/h6-11H,4-5,17H2,1-3H3. The van der Waals surface area contributed by atoms with E-state index >= 15 is 0 Å². The first-order valence-electron chi connectivity index (χ1n) is 6.89. The summed E-state index contributed by atoms with van der Waals surface area (Å²) < 4.78 is 5.48. The number of nitrogen functional groups attached to an aromatic ring is 1. The molecular weight excluding hydrogens is 250 g/mol. The molecule has 0 amide bonds. The topological polar surface area (TPSA) is 51.4 Å². The van der Waals surface area contributed by atoms with Crippen molar-refractivity contribution in [3.8, 4) is 5.88 Å². The number of hydrogen-bond donors (Lipinski definition) is 1. The molecule has 0 bridgehead atoms. The smallest absolute Gasteiger partial charge is 0.239 e. The fourth-order valence-corrected chi connectivity index (χ4v) is 2.17. The predicted octanol–water partition coefficient (Wildman–Crippen LogP) is 3.53. The second kappa shape index (κ2) is 6.28. The van der Waals surface area contributed by atoms with Gasteiger partial charge in [-0.25, -0.2) is 0 Å². The Kier molecular flexibility index (Phi) is 4.45. The molecule has 1 aromatic carbocycles. The summed E-state index contributed by atoms with van der Waals surface area (Å²) in [6, 6.07) is 12.0. The number of anilines is 3. The van der Waals surface area contributed by atoms with Gasteiger partial charge in [-0.3, -0.25) is 0 Å². The van der Waals surface area contributed by atoms with E-state index in [1.165, 1.54) is 5.56 Å². The van der Waals surface area contributed by atoms with Gasteiger partial charge in [0.2, 0.25) is 5.88 Å². The highest BCUT2D eigenvalue weighted by molar-refractivity contribution is 5.65. The number of pyridine rings is 1. The highest BCUT2D eigenvalue weighted by Gasteiger charge is 2.13. The summed E-state index contributed by atoms with van der Waals surface area (Å²) in [4.78, 5) is 6.68. The number of para-hydroxylation sites is 1. The second-order valence-electron chi connectivity index (χ2n) is 4.53. The van der Waals surface area contributed by atoms with Gasteiger partial charge in [0.15, 0.2) is 0 Å². The first-order valence-corrected chi connectivity index (χ1v) is 6.89. The van der Waals surface area contributed by atoms with Gasteiger partial charge in [0.05, 0.1) is 12.3 Å². The van der Waals surface area contributed by atoms with Gasteiger partial charge in [0, 0.05) is 12.2 Å². The molecule has 1 aromatic heterocycles. The predicted molar refractivity (Wildman–Crippen MR) is 83.7 cm³/mol. The van der Waals surface area contributed by atoms with Crippen molar-refractivity contribution in [1.82, 2.24) is 4.98 Å². The number of rotatable bonds is 5. The third-order valence-corrected chi connectivity index (χ3v) is 3.16. The van der Waals surface area contributed by atoms with Crippen LogP contribution in [0.3, 0.4) is 0 Å². The van der Waals surface area contributed by atoms with Gasteiger partial charge in [-0.1, -0.05) is 18.2 Å². The summed E-state index contributed by atoms with van der Waals surface area (Å²) in [5, 5.41) is 0. The third kappa shape index (κ3) is 2.85. The average molecular weight is 271 g/mol. The van der Waals surface area contributed by atoms with Crippen LogP contribution in [0, 0.1) is 6.92 Å². The summed E-state index contributed by atoms with van der Waals surface area (Å²) in [5.74, 6) is 1.34. The van der Waals surface area contributed by atoms with E-state index in [4.69, 9.17) is 10.5 Å². The molecular formula is C16H21N3O. The molecule has 0 saturated heterocycles. The summed E-state index contributed by atoms with van der Waals surface area (Å²) in [6.07, 6.45) is 0. The lowest BCUT2D eigenvalue weighted by Crippen LogP contribution is -2.18. The van der Waals surface area contributed by atoms with Crippen LogP contribution in [0.1, 0.15) is 19.4 Å². The SMILES string of the molecule is CCOc1nc(N(CC)c2ccccc2C)ccc1N. The molecule has 0 saturated carbocycles. The van der Waals surface area contributed by atoms with Crippen LogP contribution >= 0.6 is 0 Å². The van der Waals surface area contributed by atoms with Gasteiger partial charge in [0.1, 0.15) is 5.82 Å². The molecule has 2 N–H and O–H groups in total. The van der Waals surface area contributed by atoms with Gasteiger partial charge in [-0.15, -0.1) is 0 Å². The lowest BCUT2D eigenvalue weighted by molar-refractivity contribution is 0.329. The molecule has 20 heavy (non-hydrogen) atoms. The summed E-state index contributed by atoms with van der Waals surface area (Å²) in [5.41, 5.74) is 8.81. The molecule has 1 heterocycles. The minimum Gasteiger partial charge on any atom is -0.476 e. The average Bonchev–Trinajstić information content (AvgIpc) is 2.45. The number of hydrogen-bond acceptors (Lipinski definition) is 4. The summed E-state index contributed by atoms with van der Waals surface area (Å²) in [6.45, 7) is 7.50. The van der Waals surface area contributed by atoms with E-state index in [0.717, 1.165) is 18.1 Å². The molecule has 0 aliphatic heterocycles. The molecule has 0 radical (unpaired) electrons. The Morgan fingerprint density at radius 2 is 1.90 bits per heavy atom. The van der Waals surface area contributed by atoms with Gasteiger partial charge in [-0.2, -0.15) is 4.98 Å². The minimum absolute atomic E-state index is 0.497. The summed E-state index contributed by atoms with van der Waals surface area (Å²) in [7, 11) is 0. The van der Waals surface area contributed by atoms with Crippen LogP contribution in [-0.2, 0) is 0 Å². The van der Waals surface area contributed by atoms with Crippen molar-refractivity contribution in [2.24, 2.45) is 0 Å². The van der Waals surface area contributed by atoms with Crippen molar-refractivity contribution in [1.29, 1.82) is 0 Å². The Morgan fingerprint density at radius 1 is 1.15 bits per heavy atom. The van der Waals surface area contributed by atoms with E-state index in [0.29, 0.717) is 18.2 Å². The molecule has 0 unspecified atom stereocenters. The zero-order valence-electron chi connectivity index (χ0n) is 12.3. The Balaban J connectivity index is 2.42. The number of aromatic nitrogens is 1. The van der Waals surface area contributed by atoms with Crippen molar-refractivity contribution >= 4 is 17.2 Å². The van der Waals surface area contributed by atoms with Crippen LogP contribution in [0.5, 0.6) is 5.88 Å². The molecule has 0 fully saturated rings. The Labute approximate surface area is 120 Å². The molecule has 0 atom stereocenters. The fraction of sp³-hybridized carbons (Fsp3) is 0.312. The molecule has 2 rings (SSSR count). The molecule has 4 nitrogen and oxygen atoms in total. The van der Waals surface area contributed by atoms with Crippen molar-refractivity contribution < 1.29 is 4.74 Å². The van der Waals surface area contributed by atoms with Crippen molar-refractivity contribution in [2.45, 2.75) is 20.8 Å². The summed E-state index contributed by atoms with van der Waals surface area (Å²) >= 11 is 0. The van der Waals surface area contributed by atoms with Crippen molar-refractivity contribution in [3.05, 3.63) is 42.0 Å². The quantitative estimate of drug-likeness (QED) is 0.904. The number of benzene rings is 1. The maximum atomic E-state index is 5.88. The molecule has 0 aliphatic rings. The van der Waals surface area contributed by atoms with E-state index in [1.807, 2.05) is 31.2 Å². The monoisotopic (exact) mass is 271 g/mol. The molecule has 4 heteroatoms. The van der Waals surface area contributed by atoms with Gasteiger partial charge >= 0.3 is 0 Å².